The monoisotopic (exact) mass is 357 g/mol. The lowest BCUT2D eigenvalue weighted by molar-refractivity contribution is 0.152. The zero-order chi connectivity index (χ0) is 15.4. The van der Waals surface area contributed by atoms with Crippen LogP contribution in [0, 0.1) is 5.82 Å². The molecule has 0 aromatic heterocycles. The molecule has 21 heavy (non-hydrogen) atoms. The fraction of sp³-hybridized carbons (Fsp3) is 0.533. The molecule has 1 heterocycles. The highest BCUT2D eigenvalue weighted by atomic mass is 79.9. The maximum Gasteiger partial charge on any atom is 0.319 e. The zero-order valence-corrected chi connectivity index (χ0v) is 14.0. The van der Waals surface area contributed by atoms with Gasteiger partial charge in [0.05, 0.1) is 0 Å². The van der Waals surface area contributed by atoms with Crippen molar-refractivity contribution >= 4 is 22.0 Å². The molecule has 0 aliphatic carbocycles. The number of halogens is 2. The van der Waals surface area contributed by atoms with Crippen LogP contribution >= 0.6 is 15.9 Å². The van der Waals surface area contributed by atoms with Gasteiger partial charge in [0, 0.05) is 49.8 Å². The summed E-state index contributed by atoms with van der Waals surface area (Å²) < 4.78 is 14.5. The molecule has 0 atom stereocenters. The van der Waals surface area contributed by atoms with Gasteiger partial charge in [-0.25, -0.2) is 9.18 Å². The third kappa shape index (κ3) is 4.41. The number of urea groups is 1. The summed E-state index contributed by atoms with van der Waals surface area (Å²) >= 11 is 3.36. The number of nitrogens with zero attached hydrogens (tertiary/aromatic N) is 2. The molecule has 0 spiro atoms. The normalized spacial score (nSPS) is 16.1. The summed E-state index contributed by atoms with van der Waals surface area (Å²) in [6.07, 6.45) is 1.80. The van der Waals surface area contributed by atoms with Crippen LogP contribution in [0.1, 0.15) is 18.4 Å². The van der Waals surface area contributed by atoms with Gasteiger partial charge in [-0.05, 0) is 31.0 Å². The summed E-state index contributed by atoms with van der Waals surface area (Å²) in [5.41, 5.74) is 0.663. The summed E-state index contributed by atoms with van der Waals surface area (Å²) in [6.45, 7) is 2.00. The standard InChI is InChI=1S/C15H21BrFN3O/c1-19(2)15(21)20-7-5-13(6-8-20)18-10-11-9-12(16)3-4-14(11)17/h3-4,9,13,18H,5-8,10H2,1-2H3. The van der Waals surface area contributed by atoms with E-state index in [2.05, 4.69) is 21.2 Å². The van der Waals surface area contributed by atoms with E-state index in [4.69, 9.17) is 0 Å². The lowest BCUT2D eigenvalue weighted by Crippen LogP contribution is -2.47. The maximum atomic E-state index is 13.7. The van der Waals surface area contributed by atoms with E-state index in [1.54, 1.807) is 31.1 Å². The molecule has 6 heteroatoms. The fourth-order valence-corrected chi connectivity index (χ4v) is 2.90. The largest absolute Gasteiger partial charge is 0.331 e. The lowest BCUT2D eigenvalue weighted by Gasteiger charge is -2.34. The number of rotatable bonds is 3. The second-order valence-electron chi connectivity index (χ2n) is 5.55. The van der Waals surface area contributed by atoms with Gasteiger partial charge >= 0.3 is 6.03 Å². The predicted molar refractivity (Wildman–Crippen MR) is 84.6 cm³/mol. The first-order chi connectivity index (χ1) is 9.97. The van der Waals surface area contributed by atoms with Crippen molar-refractivity contribution in [2.45, 2.75) is 25.4 Å². The summed E-state index contributed by atoms with van der Waals surface area (Å²) in [7, 11) is 3.53. The molecular weight excluding hydrogens is 337 g/mol. The van der Waals surface area contributed by atoms with Crippen molar-refractivity contribution in [2.75, 3.05) is 27.2 Å². The molecule has 1 saturated heterocycles. The van der Waals surface area contributed by atoms with Crippen LogP contribution in [0.3, 0.4) is 0 Å². The number of hydrogen-bond donors (Lipinski definition) is 1. The topological polar surface area (TPSA) is 35.6 Å². The van der Waals surface area contributed by atoms with Crippen LogP contribution in [0.2, 0.25) is 0 Å². The molecule has 0 radical (unpaired) electrons. The number of piperidine rings is 1. The first-order valence-corrected chi connectivity index (χ1v) is 7.90. The Balaban J connectivity index is 1.81. The van der Waals surface area contributed by atoms with Crippen molar-refractivity contribution in [1.29, 1.82) is 0 Å². The van der Waals surface area contributed by atoms with Gasteiger partial charge in [-0.15, -0.1) is 0 Å². The van der Waals surface area contributed by atoms with Crippen molar-refractivity contribution in [3.63, 3.8) is 0 Å². The van der Waals surface area contributed by atoms with Crippen LogP contribution < -0.4 is 5.32 Å². The van der Waals surface area contributed by atoms with E-state index < -0.39 is 0 Å². The summed E-state index contributed by atoms with van der Waals surface area (Å²) in [4.78, 5) is 15.3. The lowest BCUT2D eigenvalue weighted by atomic mass is 10.0. The molecule has 2 rings (SSSR count). The second kappa shape index (κ2) is 7.22. The molecule has 2 amide bonds. The van der Waals surface area contributed by atoms with Crippen LogP contribution in [-0.2, 0) is 6.54 Å². The molecule has 0 unspecified atom stereocenters. The van der Waals surface area contributed by atoms with Crippen LogP contribution in [0.4, 0.5) is 9.18 Å². The molecule has 1 aliphatic heterocycles. The molecule has 1 aromatic carbocycles. The van der Waals surface area contributed by atoms with E-state index in [9.17, 15) is 9.18 Å². The number of amides is 2. The van der Waals surface area contributed by atoms with Crippen molar-refractivity contribution in [3.8, 4) is 0 Å². The van der Waals surface area contributed by atoms with Gasteiger partial charge in [-0.3, -0.25) is 0 Å². The first kappa shape index (κ1) is 16.2. The van der Waals surface area contributed by atoms with Gasteiger partial charge < -0.3 is 15.1 Å². The van der Waals surface area contributed by atoms with Gasteiger partial charge in [-0.2, -0.15) is 0 Å². The molecule has 1 aromatic rings. The SMILES string of the molecule is CN(C)C(=O)N1CCC(NCc2cc(Br)ccc2F)CC1. The van der Waals surface area contributed by atoms with E-state index in [1.807, 2.05) is 4.90 Å². The number of carbonyl (C=O) groups is 1. The minimum atomic E-state index is -0.189. The zero-order valence-electron chi connectivity index (χ0n) is 12.4. The molecule has 1 fully saturated rings. The molecule has 0 bridgehead atoms. The fourth-order valence-electron chi connectivity index (χ4n) is 2.49. The third-order valence-electron chi connectivity index (χ3n) is 3.74. The number of hydrogen-bond acceptors (Lipinski definition) is 2. The average molecular weight is 358 g/mol. The Morgan fingerprint density at radius 2 is 2.10 bits per heavy atom. The third-order valence-corrected chi connectivity index (χ3v) is 4.23. The highest BCUT2D eigenvalue weighted by Crippen LogP contribution is 2.17. The van der Waals surface area contributed by atoms with Crippen LogP contribution in [0.15, 0.2) is 22.7 Å². The molecule has 1 aliphatic rings. The Hall–Kier alpha value is -1.14. The average Bonchev–Trinajstić information content (AvgIpc) is 2.48. The molecule has 4 nitrogen and oxygen atoms in total. The van der Waals surface area contributed by atoms with Gasteiger partial charge in [-0.1, -0.05) is 15.9 Å². The number of benzene rings is 1. The van der Waals surface area contributed by atoms with Gasteiger partial charge in [0.1, 0.15) is 5.82 Å². The second-order valence-corrected chi connectivity index (χ2v) is 6.47. The molecular formula is C15H21BrFN3O. The Labute approximate surface area is 133 Å². The Morgan fingerprint density at radius 3 is 2.71 bits per heavy atom. The summed E-state index contributed by atoms with van der Waals surface area (Å²) in [6, 6.07) is 5.36. The number of likely N-dealkylation sites (tertiary alicyclic amines) is 1. The summed E-state index contributed by atoms with van der Waals surface area (Å²) in [5.74, 6) is -0.189. The van der Waals surface area contributed by atoms with Crippen LogP contribution in [0.25, 0.3) is 0 Å². The maximum absolute atomic E-state index is 13.7. The van der Waals surface area contributed by atoms with Crippen molar-refractivity contribution < 1.29 is 9.18 Å². The van der Waals surface area contributed by atoms with Crippen molar-refractivity contribution in [2.24, 2.45) is 0 Å². The van der Waals surface area contributed by atoms with Crippen LogP contribution in [-0.4, -0.2) is 49.1 Å². The van der Waals surface area contributed by atoms with Gasteiger partial charge in [0.2, 0.25) is 0 Å². The van der Waals surface area contributed by atoms with E-state index >= 15 is 0 Å². The summed E-state index contributed by atoms with van der Waals surface area (Å²) in [5, 5.41) is 3.38. The predicted octanol–water partition coefficient (Wildman–Crippen LogP) is 2.82. The van der Waals surface area contributed by atoms with Crippen LogP contribution in [0.5, 0.6) is 0 Å². The van der Waals surface area contributed by atoms with Gasteiger partial charge in [0.25, 0.3) is 0 Å². The van der Waals surface area contributed by atoms with E-state index in [1.165, 1.54) is 6.07 Å². The van der Waals surface area contributed by atoms with E-state index in [0.29, 0.717) is 18.2 Å². The Bertz CT molecular complexity index is 502. The van der Waals surface area contributed by atoms with E-state index in [0.717, 1.165) is 30.4 Å². The number of nitrogens with one attached hydrogen (secondary N) is 1. The highest BCUT2D eigenvalue weighted by Gasteiger charge is 2.23. The molecule has 116 valence electrons. The Morgan fingerprint density at radius 1 is 1.43 bits per heavy atom. The minimum absolute atomic E-state index is 0.0616. The molecule has 1 N–H and O–H groups in total. The van der Waals surface area contributed by atoms with Crippen molar-refractivity contribution in [1.82, 2.24) is 15.1 Å². The van der Waals surface area contributed by atoms with Gasteiger partial charge in [0.15, 0.2) is 0 Å². The van der Waals surface area contributed by atoms with E-state index in [-0.39, 0.29) is 11.8 Å². The number of carbonyl (C=O) groups excluding carboxylic acids is 1. The smallest absolute Gasteiger partial charge is 0.319 e. The van der Waals surface area contributed by atoms with Crippen molar-refractivity contribution in [3.05, 3.63) is 34.1 Å². The first-order valence-electron chi connectivity index (χ1n) is 7.11. The Kier molecular flexibility index (Phi) is 5.58. The molecule has 0 saturated carbocycles. The minimum Gasteiger partial charge on any atom is -0.331 e. The quantitative estimate of drug-likeness (QED) is 0.902. The highest BCUT2D eigenvalue weighted by molar-refractivity contribution is 9.10.